The monoisotopic (exact) mass is 209 g/mol. The van der Waals surface area contributed by atoms with E-state index in [1.165, 1.54) is 0 Å². The quantitative estimate of drug-likeness (QED) is 0.663. The van der Waals surface area contributed by atoms with Crippen molar-refractivity contribution < 1.29 is 21.9 Å². The van der Waals surface area contributed by atoms with E-state index in [-0.39, 0.29) is 4.90 Å². The molecule has 1 unspecified atom stereocenters. The third-order valence-electron chi connectivity index (χ3n) is 1.35. The van der Waals surface area contributed by atoms with Crippen molar-refractivity contribution in [2.45, 2.75) is 11.1 Å². The van der Waals surface area contributed by atoms with Crippen molar-refractivity contribution in [3.05, 3.63) is 29.8 Å². The first-order valence-electron chi connectivity index (χ1n) is 3.18. The molecule has 0 aliphatic heterocycles. The van der Waals surface area contributed by atoms with Gasteiger partial charge in [0.25, 0.3) is 0 Å². The standard InChI is InChI=1S/C7H5F3O2S/c8-7(9,10)5-2-1-3-6(4-5)13(11)12/h1-4H,(H,11,12)/p-1. The van der Waals surface area contributed by atoms with E-state index in [2.05, 4.69) is 0 Å². The molecule has 0 aliphatic rings. The zero-order chi connectivity index (χ0) is 10.1. The molecule has 0 saturated carbocycles. The second kappa shape index (κ2) is 3.47. The lowest BCUT2D eigenvalue weighted by atomic mass is 10.2. The van der Waals surface area contributed by atoms with Gasteiger partial charge in [-0.1, -0.05) is 6.07 Å². The van der Waals surface area contributed by atoms with Gasteiger partial charge in [0.2, 0.25) is 0 Å². The van der Waals surface area contributed by atoms with Crippen LogP contribution >= 0.6 is 0 Å². The van der Waals surface area contributed by atoms with Crippen LogP contribution in [-0.2, 0) is 17.3 Å². The normalized spacial score (nSPS) is 14.2. The van der Waals surface area contributed by atoms with Crippen LogP contribution in [-0.4, -0.2) is 8.76 Å². The van der Waals surface area contributed by atoms with E-state index in [0.717, 1.165) is 18.2 Å². The van der Waals surface area contributed by atoms with Crippen LogP contribution in [0.2, 0.25) is 0 Å². The number of halogens is 3. The second-order valence-corrected chi connectivity index (χ2v) is 3.20. The van der Waals surface area contributed by atoms with Gasteiger partial charge in [0.1, 0.15) is 0 Å². The number of alkyl halides is 3. The highest BCUT2D eigenvalue weighted by Gasteiger charge is 2.30. The molecule has 0 heterocycles. The summed E-state index contributed by atoms with van der Waals surface area (Å²) in [4.78, 5) is -0.366. The van der Waals surface area contributed by atoms with Crippen molar-refractivity contribution in [1.29, 1.82) is 0 Å². The van der Waals surface area contributed by atoms with Gasteiger partial charge in [-0.3, -0.25) is 4.21 Å². The average Bonchev–Trinajstić information content (AvgIpc) is 2.03. The van der Waals surface area contributed by atoms with Crippen molar-refractivity contribution in [2.24, 2.45) is 0 Å². The molecule has 2 nitrogen and oxygen atoms in total. The number of rotatable bonds is 1. The lowest BCUT2D eigenvalue weighted by Gasteiger charge is -2.09. The molecule has 0 N–H and O–H groups in total. The Labute approximate surface area is 74.7 Å². The van der Waals surface area contributed by atoms with Gasteiger partial charge >= 0.3 is 6.18 Å². The molecule has 1 aromatic rings. The van der Waals surface area contributed by atoms with Crippen LogP contribution in [0.3, 0.4) is 0 Å². The van der Waals surface area contributed by atoms with E-state index in [0.29, 0.717) is 6.07 Å². The van der Waals surface area contributed by atoms with E-state index in [1.807, 2.05) is 0 Å². The minimum Gasteiger partial charge on any atom is -0.768 e. The predicted molar refractivity (Wildman–Crippen MR) is 38.6 cm³/mol. The molecule has 1 atom stereocenters. The smallest absolute Gasteiger partial charge is 0.416 e. The van der Waals surface area contributed by atoms with Gasteiger partial charge in [-0.15, -0.1) is 0 Å². The van der Waals surface area contributed by atoms with Crippen molar-refractivity contribution >= 4 is 11.1 Å². The SMILES string of the molecule is O=S([O-])c1cccc(C(F)(F)F)c1. The summed E-state index contributed by atoms with van der Waals surface area (Å²) in [7, 11) is 0. The Morgan fingerprint density at radius 3 is 2.38 bits per heavy atom. The molecule has 1 rings (SSSR count). The topological polar surface area (TPSA) is 40.1 Å². The maximum atomic E-state index is 12.0. The first kappa shape index (κ1) is 10.2. The van der Waals surface area contributed by atoms with Crippen LogP contribution in [0, 0.1) is 0 Å². The minimum absolute atomic E-state index is 0.366. The summed E-state index contributed by atoms with van der Waals surface area (Å²) in [5.41, 5.74) is -0.964. The van der Waals surface area contributed by atoms with Gasteiger partial charge in [-0.25, -0.2) is 0 Å². The summed E-state index contributed by atoms with van der Waals surface area (Å²) in [5, 5.41) is 0. The van der Waals surface area contributed by atoms with Crippen LogP contribution in [0.1, 0.15) is 5.56 Å². The van der Waals surface area contributed by atoms with Crippen molar-refractivity contribution in [3.8, 4) is 0 Å². The fourth-order valence-corrected chi connectivity index (χ4v) is 1.19. The lowest BCUT2D eigenvalue weighted by molar-refractivity contribution is -0.137. The van der Waals surface area contributed by atoms with Gasteiger partial charge in [0.05, 0.1) is 5.56 Å². The molecule has 0 fully saturated rings. The molecule has 0 aliphatic carbocycles. The molecule has 0 bridgehead atoms. The molecular weight excluding hydrogens is 205 g/mol. The summed E-state index contributed by atoms with van der Waals surface area (Å²) in [6.07, 6.45) is -4.50. The van der Waals surface area contributed by atoms with Gasteiger partial charge in [-0.05, 0) is 29.3 Å². The number of hydrogen-bond donors (Lipinski definition) is 0. The maximum Gasteiger partial charge on any atom is 0.416 e. The predicted octanol–water partition coefficient (Wildman–Crippen LogP) is 1.94. The van der Waals surface area contributed by atoms with Crippen LogP contribution in [0.15, 0.2) is 29.2 Å². The largest absolute Gasteiger partial charge is 0.768 e. The van der Waals surface area contributed by atoms with E-state index < -0.39 is 22.8 Å². The highest BCUT2D eigenvalue weighted by molar-refractivity contribution is 7.79. The van der Waals surface area contributed by atoms with Crippen LogP contribution in [0.25, 0.3) is 0 Å². The Morgan fingerprint density at radius 1 is 1.31 bits per heavy atom. The summed E-state index contributed by atoms with van der Waals surface area (Å²) in [5.74, 6) is 0. The Hall–Kier alpha value is -0.880. The van der Waals surface area contributed by atoms with Crippen molar-refractivity contribution in [2.75, 3.05) is 0 Å². The van der Waals surface area contributed by atoms with E-state index >= 15 is 0 Å². The van der Waals surface area contributed by atoms with E-state index in [1.54, 1.807) is 0 Å². The second-order valence-electron chi connectivity index (χ2n) is 2.26. The Kier molecular flexibility index (Phi) is 2.72. The molecule has 72 valence electrons. The van der Waals surface area contributed by atoms with Crippen LogP contribution in [0.4, 0.5) is 13.2 Å². The maximum absolute atomic E-state index is 12.0. The fraction of sp³-hybridized carbons (Fsp3) is 0.143. The molecule has 0 aromatic heterocycles. The number of hydrogen-bond acceptors (Lipinski definition) is 2. The molecular formula is C7H4F3O2S-. The summed E-state index contributed by atoms with van der Waals surface area (Å²) >= 11 is -2.62. The number of benzene rings is 1. The summed E-state index contributed by atoms with van der Waals surface area (Å²) in [6.45, 7) is 0. The zero-order valence-corrected chi connectivity index (χ0v) is 6.98. The summed E-state index contributed by atoms with van der Waals surface area (Å²) < 4.78 is 56.7. The molecule has 13 heavy (non-hydrogen) atoms. The van der Waals surface area contributed by atoms with Gasteiger partial charge in [0, 0.05) is 4.90 Å². The fourth-order valence-electron chi connectivity index (χ4n) is 0.776. The minimum atomic E-state index is -4.50. The molecule has 0 saturated heterocycles. The third kappa shape index (κ3) is 2.53. The Bertz CT molecular complexity index is 335. The van der Waals surface area contributed by atoms with Crippen LogP contribution in [0.5, 0.6) is 0 Å². The average molecular weight is 209 g/mol. The highest BCUT2D eigenvalue weighted by atomic mass is 32.2. The van der Waals surface area contributed by atoms with Gasteiger partial charge < -0.3 is 4.55 Å². The van der Waals surface area contributed by atoms with Crippen LogP contribution < -0.4 is 0 Å². The van der Waals surface area contributed by atoms with Crippen molar-refractivity contribution in [1.82, 2.24) is 0 Å². The summed E-state index contributed by atoms with van der Waals surface area (Å²) in [6, 6.07) is 3.55. The molecule has 0 spiro atoms. The molecule has 0 radical (unpaired) electrons. The first-order chi connectivity index (χ1) is 5.91. The molecule has 0 amide bonds. The van der Waals surface area contributed by atoms with E-state index in [9.17, 15) is 21.9 Å². The van der Waals surface area contributed by atoms with Gasteiger partial charge in [0.15, 0.2) is 0 Å². The first-order valence-corrected chi connectivity index (χ1v) is 4.25. The van der Waals surface area contributed by atoms with E-state index in [4.69, 9.17) is 0 Å². The van der Waals surface area contributed by atoms with Crippen molar-refractivity contribution in [3.63, 3.8) is 0 Å². The zero-order valence-electron chi connectivity index (χ0n) is 6.17. The Morgan fingerprint density at radius 2 is 1.92 bits per heavy atom. The molecule has 1 aromatic carbocycles. The molecule has 6 heteroatoms. The van der Waals surface area contributed by atoms with Gasteiger partial charge in [-0.2, -0.15) is 13.2 Å². The Balaban J connectivity index is 3.13. The third-order valence-corrected chi connectivity index (χ3v) is 1.99. The lowest BCUT2D eigenvalue weighted by Crippen LogP contribution is -2.05. The highest BCUT2D eigenvalue weighted by Crippen LogP contribution is 2.29.